The quantitative estimate of drug-likeness (QED) is 0.329. The SMILES string of the molecule is CC(C)(O)c1coc(S(=O)(=NC(=O)Nc2c(CC3CCC3)ccc3c2CCC3)N[Si](C)(C)C(C)(C)C)c1. The first-order valence-electron chi connectivity index (χ1n) is 13.4. The highest BCUT2D eigenvalue weighted by Gasteiger charge is 2.40. The van der Waals surface area contributed by atoms with Crippen molar-refractivity contribution in [3.05, 3.63) is 46.7 Å². The van der Waals surface area contributed by atoms with Crippen molar-refractivity contribution < 1.29 is 18.5 Å². The minimum atomic E-state index is -3.46. The van der Waals surface area contributed by atoms with E-state index in [0.29, 0.717) is 11.5 Å². The van der Waals surface area contributed by atoms with Gasteiger partial charge >= 0.3 is 6.03 Å². The van der Waals surface area contributed by atoms with Crippen LogP contribution >= 0.6 is 0 Å². The van der Waals surface area contributed by atoms with E-state index in [1.54, 1.807) is 19.9 Å². The predicted molar refractivity (Wildman–Crippen MR) is 152 cm³/mol. The maximum absolute atomic E-state index is 14.5. The van der Waals surface area contributed by atoms with E-state index in [9.17, 15) is 14.1 Å². The van der Waals surface area contributed by atoms with Gasteiger partial charge in [0.15, 0.2) is 9.92 Å². The molecule has 9 heteroatoms. The highest BCUT2D eigenvalue weighted by molar-refractivity contribution is 7.93. The van der Waals surface area contributed by atoms with Crippen LogP contribution in [0.5, 0.6) is 0 Å². The second kappa shape index (κ2) is 9.98. The molecule has 0 spiro atoms. The van der Waals surface area contributed by atoms with E-state index in [1.807, 2.05) is 0 Å². The molecule has 1 fully saturated rings. The van der Waals surface area contributed by atoms with Gasteiger partial charge in [-0.3, -0.25) is 0 Å². The van der Waals surface area contributed by atoms with Crippen LogP contribution in [0.1, 0.15) is 82.6 Å². The van der Waals surface area contributed by atoms with Gasteiger partial charge < -0.3 is 14.8 Å². The van der Waals surface area contributed by atoms with Crippen molar-refractivity contribution in [2.24, 2.45) is 10.3 Å². The molecule has 4 rings (SSSR count). The molecule has 2 amide bonds. The summed E-state index contributed by atoms with van der Waals surface area (Å²) in [6.07, 6.45) is 9.04. The van der Waals surface area contributed by atoms with Crippen molar-refractivity contribution >= 4 is 29.9 Å². The molecule has 1 heterocycles. The molecule has 0 bridgehead atoms. The van der Waals surface area contributed by atoms with Gasteiger partial charge in [-0.25, -0.2) is 13.4 Å². The molecular weight excluding hydrogens is 502 g/mol. The molecule has 7 nitrogen and oxygen atoms in total. The number of amides is 2. The highest BCUT2D eigenvalue weighted by Crippen LogP contribution is 2.38. The fourth-order valence-electron chi connectivity index (χ4n) is 4.69. The molecule has 3 N–H and O–H groups in total. The Kier molecular flexibility index (Phi) is 7.57. The molecule has 2 aliphatic rings. The molecule has 37 heavy (non-hydrogen) atoms. The monoisotopic (exact) mass is 545 g/mol. The van der Waals surface area contributed by atoms with Gasteiger partial charge in [0.2, 0.25) is 5.09 Å². The number of urea groups is 1. The first kappa shape index (κ1) is 28.1. The third kappa shape index (κ3) is 6.05. The van der Waals surface area contributed by atoms with E-state index >= 15 is 0 Å². The summed E-state index contributed by atoms with van der Waals surface area (Å²) >= 11 is 0. The summed E-state index contributed by atoms with van der Waals surface area (Å²) in [6, 6.07) is 5.24. The van der Waals surface area contributed by atoms with Crippen LogP contribution in [-0.4, -0.2) is 23.6 Å². The molecule has 1 aromatic carbocycles. The third-order valence-electron chi connectivity index (χ3n) is 8.37. The Morgan fingerprint density at radius 1 is 1.16 bits per heavy atom. The summed E-state index contributed by atoms with van der Waals surface area (Å²) in [4.78, 5) is 13.5. The number of anilines is 1. The normalized spacial score (nSPS) is 18.2. The van der Waals surface area contributed by atoms with Crippen LogP contribution in [0.2, 0.25) is 18.1 Å². The Morgan fingerprint density at radius 2 is 1.86 bits per heavy atom. The van der Waals surface area contributed by atoms with Crippen LogP contribution in [0.3, 0.4) is 0 Å². The van der Waals surface area contributed by atoms with Crippen LogP contribution < -0.4 is 9.70 Å². The zero-order chi connectivity index (χ0) is 27.2. The van der Waals surface area contributed by atoms with Crippen molar-refractivity contribution in [3.8, 4) is 0 Å². The van der Waals surface area contributed by atoms with Crippen molar-refractivity contribution in [2.45, 2.75) is 108 Å². The topological polar surface area (TPSA) is 104 Å². The Labute approximate surface area is 223 Å². The second-order valence-electron chi connectivity index (χ2n) is 12.8. The van der Waals surface area contributed by atoms with Crippen molar-refractivity contribution in [1.29, 1.82) is 0 Å². The maximum atomic E-state index is 14.5. The predicted octanol–water partition coefficient (Wildman–Crippen LogP) is 6.91. The van der Waals surface area contributed by atoms with Crippen LogP contribution in [-0.2, 0) is 34.8 Å². The van der Waals surface area contributed by atoms with Crippen molar-refractivity contribution in [1.82, 2.24) is 4.39 Å². The summed E-state index contributed by atoms with van der Waals surface area (Å²) in [5, 5.41) is 13.4. The first-order chi connectivity index (χ1) is 17.1. The lowest BCUT2D eigenvalue weighted by atomic mass is 9.80. The largest absolute Gasteiger partial charge is 0.453 e. The number of hydrogen-bond donors (Lipinski definition) is 3. The number of benzene rings is 1. The average Bonchev–Trinajstić information content (AvgIpc) is 3.40. The Bertz CT molecular complexity index is 1290. The van der Waals surface area contributed by atoms with Crippen molar-refractivity contribution in [3.63, 3.8) is 0 Å². The molecule has 1 aromatic heterocycles. The lowest BCUT2D eigenvalue weighted by Gasteiger charge is -2.37. The standard InChI is InChI=1S/C28H43N3O4SSi/c1-27(2,3)37(6,7)31-36(34,24-17-22(18-35-24)28(4,5)33)30-26(32)29-25-21(16-19-10-8-11-19)15-14-20-12-9-13-23(20)25/h14-15,17-19,33H,8-13,16H2,1-7H3,(H2,29,30,31,32,34). The first-order valence-corrected chi connectivity index (χ1v) is 17.9. The van der Waals surface area contributed by atoms with Crippen molar-refractivity contribution in [2.75, 3.05) is 5.32 Å². The number of fused-ring (bicyclic) bond motifs is 1. The average molecular weight is 546 g/mol. The summed E-state index contributed by atoms with van der Waals surface area (Å²) in [5.74, 6) is 0.653. The number of hydrogen-bond acceptors (Lipinski definition) is 4. The number of carbonyl (C=O) groups is 1. The van der Waals surface area contributed by atoms with Gasteiger partial charge in [0.05, 0.1) is 11.9 Å². The smallest absolute Gasteiger partial charge is 0.354 e. The molecule has 1 saturated carbocycles. The number of nitrogens with one attached hydrogen (secondary N) is 2. The lowest BCUT2D eigenvalue weighted by Crippen LogP contribution is -2.54. The maximum Gasteiger partial charge on any atom is 0.354 e. The van der Waals surface area contributed by atoms with E-state index in [2.05, 4.69) is 60.1 Å². The summed E-state index contributed by atoms with van der Waals surface area (Å²) in [5.41, 5.74) is 3.75. The number of carbonyl (C=O) groups excluding carboxylic acids is 1. The van der Waals surface area contributed by atoms with Crippen LogP contribution in [0.4, 0.5) is 10.5 Å². The van der Waals surface area contributed by atoms with Gasteiger partial charge in [0, 0.05) is 17.3 Å². The van der Waals surface area contributed by atoms with Crippen LogP contribution in [0.15, 0.2) is 38.3 Å². The molecule has 0 saturated heterocycles. The second-order valence-corrected chi connectivity index (χ2v) is 20.0. The molecular formula is C28H43N3O4SSi. The van der Waals surface area contributed by atoms with E-state index in [1.165, 1.54) is 36.7 Å². The van der Waals surface area contributed by atoms with Crippen LogP contribution in [0, 0.1) is 5.92 Å². The van der Waals surface area contributed by atoms with E-state index < -0.39 is 29.8 Å². The van der Waals surface area contributed by atoms with Crippen LogP contribution in [0.25, 0.3) is 0 Å². The zero-order valence-electron chi connectivity index (χ0n) is 23.4. The van der Waals surface area contributed by atoms with Gasteiger partial charge in [-0.2, -0.15) is 0 Å². The molecule has 204 valence electrons. The molecule has 2 aromatic rings. The zero-order valence-corrected chi connectivity index (χ0v) is 25.2. The fourth-order valence-corrected chi connectivity index (χ4v) is 10.1. The minimum absolute atomic E-state index is 0.0533. The molecule has 2 aliphatic carbocycles. The number of rotatable bonds is 7. The fraction of sp³-hybridized carbons (Fsp3) is 0.607. The summed E-state index contributed by atoms with van der Waals surface area (Å²) in [6.45, 7) is 13.7. The summed E-state index contributed by atoms with van der Waals surface area (Å²) < 4.78 is 27.7. The Hall–Kier alpha value is -1.94. The number of aryl methyl sites for hydroxylation is 1. The van der Waals surface area contributed by atoms with Gasteiger partial charge in [-0.1, -0.05) is 65.3 Å². The van der Waals surface area contributed by atoms with Gasteiger partial charge in [0.1, 0.15) is 8.24 Å². The molecule has 0 aliphatic heterocycles. The number of furan rings is 1. The van der Waals surface area contributed by atoms with E-state index in [-0.39, 0.29) is 10.1 Å². The molecule has 0 radical (unpaired) electrons. The highest BCUT2D eigenvalue weighted by atomic mass is 32.2. The summed E-state index contributed by atoms with van der Waals surface area (Å²) in [7, 11) is -5.85. The van der Waals surface area contributed by atoms with Gasteiger partial charge in [-0.15, -0.1) is 4.36 Å². The third-order valence-corrected chi connectivity index (χ3v) is 16.4. The minimum Gasteiger partial charge on any atom is -0.453 e. The molecule has 1 atom stereocenters. The van der Waals surface area contributed by atoms with Gasteiger partial charge in [-0.05, 0) is 67.2 Å². The van der Waals surface area contributed by atoms with E-state index in [4.69, 9.17) is 4.42 Å². The number of nitrogens with zero attached hydrogens (tertiary/aromatic N) is 1. The van der Waals surface area contributed by atoms with E-state index in [0.717, 1.165) is 36.9 Å². The molecule has 1 unspecified atom stereocenters. The Morgan fingerprint density at radius 3 is 2.43 bits per heavy atom. The number of aliphatic hydroxyl groups is 1. The lowest BCUT2D eigenvalue weighted by molar-refractivity contribution is 0.0779. The van der Waals surface area contributed by atoms with Gasteiger partial charge in [0.25, 0.3) is 0 Å². The Balaban J connectivity index is 1.74.